The van der Waals surface area contributed by atoms with Crippen LogP contribution >= 0.6 is 23.2 Å². The molecule has 0 radical (unpaired) electrons. The van der Waals surface area contributed by atoms with Gasteiger partial charge in [0.25, 0.3) is 0 Å². The number of hydrogen-bond donors (Lipinski definition) is 2. The van der Waals surface area contributed by atoms with Crippen molar-refractivity contribution in [1.82, 2.24) is 5.43 Å². The van der Waals surface area contributed by atoms with Crippen LogP contribution in [0.15, 0.2) is 47.6 Å². The second-order valence-electron chi connectivity index (χ2n) is 5.91. The molecule has 0 aliphatic rings. The molecule has 0 spiro atoms. The van der Waals surface area contributed by atoms with Gasteiger partial charge >= 0.3 is 6.18 Å². The Labute approximate surface area is 174 Å². The molecule has 0 bridgehead atoms. The Balaban J connectivity index is 1.77. The molecule has 29 heavy (non-hydrogen) atoms. The normalized spacial score (nSPS) is 11.5. The molecule has 2 amide bonds. The molecule has 0 atom stereocenters. The van der Waals surface area contributed by atoms with Crippen LogP contribution in [0.3, 0.4) is 0 Å². The Kier molecular flexibility index (Phi) is 8.04. The summed E-state index contributed by atoms with van der Waals surface area (Å²) in [4.78, 5) is 23.6. The van der Waals surface area contributed by atoms with Crippen molar-refractivity contribution < 1.29 is 22.8 Å². The second-order valence-corrected chi connectivity index (χ2v) is 6.72. The molecule has 0 saturated heterocycles. The molecule has 5 nitrogen and oxygen atoms in total. The first-order chi connectivity index (χ1) is 13.7. The molecule has 0 heterocycles. The lowest BCUT2D eigenvalue weighted by atomic mass is 10.1. The molecule has 0 aromatic heterocycles. The highest BCUT2D eigenvalue weighted by molar-refractivity contribution is 6.42. The number of nitrogens with one attached hydrogen (secondary N) is 2. The lowest BCUT2D eigenvalue weighted by molar-refractivity contribution is -0.137. The van der Waals surface area contributed by atoms with E-state index in [0.717, 1.165) is 12.3 Å². The third kappa shape index (κ3) is 7.40. The van der Waals surface area contributed by atoms with Gasteiger partial charge in [0.15, 0.2) is 0 Å². The van der Waals surface area contributed by atoms with Crippen LogP contribution in [0, 0.1) is 0 Å². The topological polar surface area (TPSA) is 70.6 Å². The predicted molar refractivity (Wildman–Crippen MR) is 106 cm³/mol. The standard InChI is InChI=1S/C19H16Cl2F3N3O2/c20-15-9-8-13(10-16(15)21)26-17(28)6-3-7-18(29)27-25-11-12-4-1-2-5-14(12)19(22,23)24/h1-2,4-5,8-11H,3,6-7H2,(H,26,28)(H,27,29)/b25-11-. The molecule has 10 heteroatoms. The summed E-state index contributed by atoms with van der Waals surface area (Å²) in [5, 5.41) is 6.83. The smallest absolute Gasteiger partial charge is 0.326 e. The van der Waals surface area contributed by atoms with E-state index in [0.29, 0.717) is 15.7 Å². The lowest BCUT2D eigenvalue weighted by Crippen LogP contribution is -2.19. The summed E-state index contributed by atoms with van der Waals surface area (Å²) >= 11 is 11.6. The monoisotopic (exact) mass is 445 g/mol. The Hall–Kier alpha value is -2.58. The van der Waals surface area contributed by atoms with Crippen LogP contribution in [0.5, 0.6) is 0 Å². The number of carbonyl (C=O) groups excluding carboxylic acids is 2. The van der Waals surface area contributed by atoms with Crippen LogP contribution in [0.2, 0.25) is 10.0 Å². The lowest BCUT2D eigenvalue weighted by Gasteiger charge is -2.09. The van der Waals surface area contributed by atoms with Crippen LogP contribution in [0.1, 0.15) is 30.4 Å². The van der Waals surface area contributed by atoms with Gasteiger partial charge in [0.2, 0.25) is 11.8 Å². The van der Waals surface area contributed by atoms with Crippen molar-refractivity contribution in [3.8, 4) is 0 Å². The van der Waals surface area contributed by atoms with Gasteiger partial charge in [-0.05, 0) is 30.7 Å². The third-order valence-electron chi connectivity index (χ3n) is 3.67. The number of nitrogens with zero attached hydrogens (tertiary/aromatic N) is 1. The van der Waals surface area contributed by atoms with Crippen molar-refractivity contribution in [3.63, 3.8) is 0 Å². The molecular weight excluding hydrogens is 430 g/mol. The molecule has 0 fully saturated rings. The quantitative estimate of drug-likeness (QED) is 0.449. The predicted octanol–water partition coefficient (Wildman–Crippen LogP) is 5.27. The van der Waals surface area contributed by atoms with Crippen molar-refractivity contribution >= 4 is 46.9 Å². The van der Waals surface area contributed by atoms with Crippen molar-refractivity contribution in [2.75, 3.05) is 5.32 Å². The van der Waals surface area contributed by atoms with Gasteiger partial charge in [-0.3, -0.25) is 9.59 Å². The number of alkyl halides is 3. The third-order valence-corrected chi connectivity index (χ3v) is 4.41. The van der Waals surface area contributed by atoms with Gasteiger partial charge in [0.05, 0.1) is 21.8 Å². The number of carbonyl (C=O) groups is 2. The molecule has 2 aromatic carbocycles. The zero-order chi connectivity index (χ0) is 21.4. The molecule has 2 aromatic rings. The highest BCUT2D eigenvalue weighted by atomic mass is 35.5. The minimum Gasteiger partial charge on any atom is -0.326 e. The van der Waals surface area contributed by atoms with E-state index in [-0.39, 0.29) is 30.7 Å². The average Bonchev–Trinajstić information content (AvgIpc) is 2.64. The highest BCUT2D eigenvalue weighted by Gasteiger charge is 2.32. The zero-order valence-corrected chi connectivity index (χ0v) is 16.4. The maximum atomic E-state index is 12.9. The van der Waals surface area contributed by atoms with Crippen LogP contribution < -0.4 is 10.7 Å². The van der Waals surface area contributed by atoms with Gasteiger partial charge in [0, 0.05) is 24.1 Å². The number of benzene rings is 2. The molecule has 0 saturated carbocycles. The van der Waals surface area contributed by atoms with E-state index >= 15 is 0 Å². The van der Waals surface area contributed by atoms with E-state index in [9.17, 15) is 22.8 Å². The maximum absolute atomic E-state index is 12.9. The summed E-state index contributed by atoms with van der Waals surface area (Å²) in [5.74, 6) is -0.841. The number of halogens is 5. The Morgan fingerprint density at radius 3 is 2.38 bits per heavy atom. The van der Waals surface area contributed by atoms with Gasteiger partial charge in [-0.15, -0.1) is 0 Å². The van der Waals surface area contributed by atoms with Crippen LogP contribution in [-0.4, -0.2) is 18.0 Å². The van der Waals surface area contributed by atoms with E-state index in [1.165, 1.54) is 24.3 Å². The fourth-order valence-corrected chi connectivity index (χ4v) is 2.60. The van der Waals surface area contributed by atoms with Gasteiger partial charge in [-0.25, -0.2) is 5.43 Å². The first-order valence-corrected chi connectivity index (χ1v) is 9.15. The summed E-state index contributed by atoms with van der Waals surface area (Å²) in [6.45, 7) is 0. The summed E-state index contributed by atoms with van der Waals surface area (Å²) < 4.78 is 38.6. The number of anilines is 1. The highest BCUT2D eigenvalue weighted by Crippen LogP contribution is 2.31. The maximum Gasteiger partial charge on any atom is 0.417 e. The summed E-state index contributed by atoms with van der Waals surface area (Å²) in [7, 11) is 0. The SMILES string of the molecule is O=C(CCCC(=O)Nc1ccc(Cl)c(Cl)c1)N/N=C\c1ccccc1C(F)(F)F. The number of amides is 2. The number of rotatable bonds is 7. The van der Waals surface area contributed by atoms with Crippen molar-refractivity contribution in [2.45, 2.75) is 25.4 Å². The molecular formula is C19H16Cl2F3N3O2. The fourth-order valence-electron chi connectivity index (χ4n) is 2.30. The minimum atomic E-state index is -4.52. The molecule has 0 unspecified atom stereocenters. The van der Waals surface area contributed by atoms with Crippen LogP contribution in [0.4, 0.5) is 18.9 Å². The average molecular weight is 446 g/mol. The summed E-state index contributed by atoms with van der Waals surface area (Å²) in [6.07, 6.45) is -3.32. The first kappa shape index (κ1) is 22.7. The second kappa shape index (κ2) is 10.3. The first-order valence-electron chi connectivity index (χ1n) is 8.40. The van der Waals surface area contributed by atoms with E-state index in [1.807, 2.05) is 0 Å². The Morgan fingerprint density at radius 1 is 1.00 bits per heavy atom. The molecule has 2 rings (SSSR count). The molecule has 154 valence electrons. The Morgan fingerprint density at radius 2 is 1.69 bits per heavy atom. The number of hydrazone groups is 1. The van der Waals surface area contributed by atoms with E-state index < -0.39 is 17.6 Å². The van der Waals surface area contributed by atoms with Crippen molar-refractivity contribution in [3.05, 3.63) is 63.6 Å². The fraction of sp³-hybridized carbons (Fsp3) is 0.211. The minimum absolute atomic E-state index is 0.0208. The van der Waals surface area contributed by atoms with Gasteiger partial charge < -0.3 is 5.32 Å². The van der Waals surface area contributed by atoms with E-state index in [4.69, 9.17) is 23.2 Å². The Bertz CT molecular complexity index is 918. The van der Waals surface area contributed by atoms with Gasteiger partial charge in [-0.2, -0.15) is 18.3 Å². The van der Waals surface area contributed by atoms with E-state index in [1.54, 1.807) is 12.1 Å². The summed E-state index contributed by atoms with van der Waals surface area (Å²) in [5.41, 5.74) is 1.60. The van der Waals surface area contributed by atoms with Gasteiger partial charge in [-0.1, -0.05) is 41.4 Å². The molecule has 2 N–H and O–H groups in total. The molecule has 0 aliphatic carbocycles. The van der Waals surface area contributed by atoms with Crippen LogP contribution in [-0.2, 0) is 15.8 Å². The number of hydrogen-bond acceptors (Lipinski definition) is 3. The van der Waals surface area contributed by atoms with Crippen LogP contribution in [0.25, 0.3) is 0 Å². The molecule has 0 aliphatic heterocycles. The van der Waals surface area contributed by atoms with E-state index in [2.05, 4.69) is 15.8 Å². The summed E-state index contributed by atoms with van der Waals surface area (Å²) in [6, 6.07) is 9.50. The zero-order valence-electron chi connectivity index (χ0n) is 14.9. The van der Waals surface area contributed by atoms with Crippen molar-refractivity contribution in [1.29, 1.82) is 0 Å². The van der Waals surface area contributed by atoms with Gasteiger partial charge in [0.1, 0.15) is 0 Å². The largest absolute Gasteiger partial charge is 0.417 e. The van der Waals surface area contributed by atoms with Crippen molar-refractivity contribution in [2.24, 2.45) is 5.10 Å².